The third-order valence-electron chi connectivity index (χ3n) is 4.72. The molecule has 2 aliphatic carbocycles. The molecule has 1 aromatic rings. The van der Waals surface area contributed by atoms with Gasteiger partial charge in [0.2, 0.25) is 11.4 Å². The van der Waals surface area contributed by atoms with Gasteiger partial charge in [0.1, 0.15) is 0 Å². The summed E-state index contributed by atoms with van der Waals surface area (Å²) in [5.74, 6) is 0.404. The van der Waals surface area contributed by atoms with Crippen LogP contribution in [0, 0.1) is 10.6 Å². The molecule has 1 fully saturated rings. The van der Waals surface area contributed by atoms with Crippen LogP contribution in [0.15, 0.2) is 4.63 Å². The van der Waals surface area contributed by atoms with E-state index in [9.17, 15) is 5.21 Å². The van der Waals surface area contributed by atoms with Crippen LogP contribution in [0.4, 0.5) is 0 Å². The minimum atomic E-state index is -0.0469. The highest BCUT2D eigenvalue weighted by molar-refractivity contribution is 5.37. The van der Waals surface area contributed by atoms with Gasteiger partial charge >= 0.3 is 0 Å². The fourth-order valence-corrected chi connectivity index (χ4v) is 3.37. The van der Waals surface area contributed by atoms with E-state index in [1.54, 1.807) is 0 Å². The van der Waals surface area contributed by atoms with Crippen LogP contribution >= 0.6 is 0 Å². The monoisotopic (exact) mass is 194 g/mol. The predicted octanol–water partition coefficient (Wildman–Crippen LogP) is 1.48. The molecule has 2 aliphatic rings. The van der Waals surface area contributed by atoms with Gasteiger partial charge in [0.25, 0.3) is 0 Å². The van der Waals surface area contributed by atoms with Gasteiger partial charge in [-0.25, -0.2) is 0 Å². The molecule has 3 rings (SSSR count). The summed E-state index contributed by atoms with van der Waals surface area (Å²) in [6.07, 6.45) is 2.20. The zero-order valence-corrected chi connectivity index (χ0v) is 8.70. The lowest BCUT2D eigenvalue weighted by Gasteiger charge is -2.32. The van der Waals surface area contributed by atoms with E-state index in [0.717, 1.165) is 24.2 Å². The van der Waals surface area contributed by atoms with Crippen molar-refractivity contribution in [3.8, 4) is 0 Å². The average Bonchev–Trinajstić information content (AvgIpc) is 2.62. The van der Waals surface area contributed by atoms with Crippen LogP contribution < -0.4 is 4.90 Å². The van der Waals surface area contributed by atoms with Crippen molar-refractivity contribution < 1.29 is 9.53 Å². The molecule has 0 radical (unpaired) electrons. The lowest BCUT2D eigenvalue weighted by atomic mass is 9.70. The molecule has 4 nitrogen and oxygen atoms in total. The second-order valence-electron chi connectivity index (χ2n) is 5.31. The van der Waals surface area contributed by atoms with Crippen LogP contribution in [0.5, 0.6) is 0 Å². The lowest BCUT2D eigenvalue weighted by Crippen LogP contribution is -2.41. The molecule has 0 spiro atoms. The summed E-state index contributed by atoms with van der Waals surface area (Å²) in [6.45, 7) is 6.61. The highest BCUT2D eigenvalue weighted by Crippen LogP contribution is 2.66. The molecule has 2 bridgehead atoms. The van der Waals surface area contributed by atoms with Gasteiger partial charge in [0.05, 0.1) is 0 Å². The molecular weight excluding hydrogens is 180 g/mol. The minimum absolute atomic E-state index is 0.0469. The number of hydrogen-bond acceptors (Lipinski definition) is 3. The van der Waals surface area contributed by atoms with Crippen molar-refractivity contribution in [1.29, 1.82) is 0 Å². The minimum Gasteiger partial charge on any atom is -0.359 e. The van der Waals surface area contributed by atoms with Crippen molar-refractivity contribution in [3.05, 3.63) is 16.6 Å². The molecule has 1 saturated carbocycles. The normalized spacial score (nSPS) is 37.5. The van der Waals surface area contributed by atoms with Gasteiger partial charge in [-0.05, 0) is 23.2 Å². The van der Waals surface area contributed by atoms with E-state index in [4.69, 9.17) is 0 Å². The SMILES string of the molecule is CC1(C)[C@H]2CC[C@@]1(C)c1c2no[n+]1[O-]. The van der Waals surface area contributed by atoms with E-state index < -0.39 is 0 Å². The Labute approximate surface area is 82.4 Å². The largest absolute Gasteiger partial charge is 0.359 e. The Morgan fingerprint density at radius 1 is 1.50 bits per heavy atom. The Hall–Kier alpha value is -1.06. The quantitative estimate of drug-likeness (QED) is 0.588. The molecule has 1 heterocycles. The first-order chi connectivity index (χ1) is 6.48. The highest BCUT2D eigenvalue weighted by atomic mass is 16.8. The van der Waals surface area contributed by atoms with Gasteiger partial charge in [-0.2, -0.15) is 0 Å². The number of rotatable bonds is 0. The van der Waals surface area contributed by atoms with Crippen molar-refractivity contribution in [2.75, 3.05) is 0 Å². The van der Waals surface area contributed by atoms with Gasteiger partial charge in [-0.1, -0.05) is 20.8 Å². The number of fused-ring (bicyclic) bond motifs is 5. The van der Waals surface area contributed by atoms with Crippen LogP contribution in [0.3, 0.4) is 0 Å². The number of aromatic nitrogens is 2. The van der Waals surface area contributed by atoms with E-state index in [-0.39, 0.29) is 10.8 Å². The summed E-state index contributed by atoms with van der Waals surface area (Å²) >= 11 is 0. The van der Waals surface area contributed by atoms with Crippen LogP contribution in [0.1, 0.15) is 50.9 Å². The first-order valence-corrected chi connectivity index (χ1v) is 5.08. The molecule has 1 aromatic heterocycles. The maximum absolute atomic E-state index is 11.5. The second kappa shape index (κ2) is 1.97. The maximum atomic E-state index is 11.5. The Balaban J connectivity index is 2.32. The molecule has 0 N–H and O–H groups in total. The standard InChI is InChI=1S/C10H14N2O2/c1-9(2)6-4-5-10(9,3)8-7(6)11-14-12(8)13/h6H,4-5H2,1-3H3/t6-,10-/m0/s1. The molecule has 0 aromatic carbocycles. The third-order valence-corrected chi connectivity index (χ3v) is 4.72. The maximum Gasteiger partial charge on any atom is 0.225 e. The molecule has 76 valence electrons. The van der Waals surface area contributed by atoms with Crippen molar-refractivity contribution in [2.24, 2.45) is 5.41 Å². The third kappa shape index (κ3) is 0.586. The molecule has 14 heavy (non-hydrogen) atoms. The smallest absolute Gasteiger partial charge is 0.225 e. The second-order valence-corrected chi connectivity index (χ2v) is 5.31. The number of hydrogen-bond donors (Lipinski definition) is 0. The van der Waals surface area contributed by atoms with Gasteiger partial charge in [-0.3, -0.25) is 4.63 Å². The van der Waals surface area contributed by atoms with Gasteiger partial charge in [0, 0.05) is 16.5 Å². The zero-order chi connectivity index (χ0) is 10.1. The Kier molecular flexibility index (Phi) is 1.16. The summed E-state index contributed by atoms with van der Waals surface area (Å²) < 4.78 is 4.69. The fourth-order valence-electron chi connectivity index (χ4n) is 3.37. The topological polar surface area (TPSA) is 53.0 Å². The van der Waals surface area contributed by atoms with E-state index in [1.165, 1.54) is 0 Å². The lowest BCUT2D eigenvalue weighted by molar-refractivity contribution is -0.810. The Morgan fingerprint density at radius 2 is 2.21 bits per heavy atom. The molecular formula is C10H14N2O2. The zero-order valence-electron chi connectivity index (χ0n) is 8.70. The molecule has 0 aliphatic heterocycles. The van der Waals surface area contributed by atoms with Gasteiger partial charge in [-0.15, -0.1) is 0 Å². The Morgan fingerprint density at radius 3 is 2.86 bits per heavy atom. The van der Waals surface area contributed by atoms with Crippen molar-refractivity contribution in [3.63, 3.8) is 0 Å². The van der Waals surface area contributed by atoms with Gasteiger partial charge < -0.3 is 5.21 Å². The summed E-state index contributed by atoms with van der Waals surface area (Å²) in [5.41, 5.74) is 1.78. The summed E-state index contributed by atoms with van der Waals surface area (Å²) in [7, 11) is 0. The Bertz CT molecular complexity index is 410. The van der Waals surface area contributed by atoms with E-state index >= 15 is 0 Å². The summed E-state index contributed by atoms with van der Waals surface area (Å²) in [4.78, 5) is 0.607. The van der Waals surface area contributed by atoms with Crippen LogP contribution in [0.2, 0.25) is 0 Å². The summed E-state index contributed by atoms with van der Waals surface area (Å²) in [5, 5.41) is 15.4. The highest BCUT2D eigenvalue weighted by Gasteiger charge is 2.66. The van der Waals surface area contributed by atoms with Crippen molar-refractivity contribution in [1.82, 2.24) is 5.16 Å². The van der Waals surface area contributed by atoms with E-state index in [1.807, 2.05) is 0 Å². The average molecular weight is 194 g/mol. The molecule has 2 atom stereocenters. The summed E-state index contributed by atoms with van der Waals surface area (Å²) in [6, 6.07) is 0. The van der Waals surface area contributed by atoms with E-state index in [0.29, 0.717) is 10.8 Å². The molecule has 4 heteroatoms. The van der Waals surface area contributed by atoms with Crippen LogP contribution in [0.25, 0.3) is 0 Å². The fraction of sp³-hybridized carbons (Fsp3) is 0.800. The van der Waals surface area contributed by atoms with Crippen LogP contribution in [-0.2, 0) is 5.41 Å². The van der Waals surface area contributed by atoms with Crippen molar-refractivity contribution in [2.45, 2.75) is 44.9 Å². The molecule has 0 saturated heterocycles. The van der Waals surface area contributed by atoms with Crippen LogP contribution in [-0.4, -0.2) is 5.16 Å². The van der Waals surface area contributed by atoms with E-state index in [2.05, 4.69) is 30.6 Å². The van der Waals surface area contributed by atoms with Gasteiger partial charge in [0.15, 0.2) is 0 Å². The molecule has 0 unspecified atom stereocenters. The number of nitrogens with zero attached hydrogens (tertiary/aromatic N) is 2. The van der Waals surface area contributed by atoms with Crippen molar-refractivity contribution >= 4 is 0 Å². The predicted molar refractivity (Wildman–Crippen MR) is 48.6 cm³/mol. The molecule has 0 amide bonds. The first kappa shape index (κ1) is 8.26. The first-order valence-electron chi connectivity index (χ1n) is 5.08.